The fraction of sp³-hybridized carbons (Fsp3) is 0.926. The quantitative estimate of drug-likeness (QED) is 0.150. The van der Waals surface area contributed by atoms with Gasteiger partial charge in [0.15, 0.2) is 0 Å². The Balaban J connectivity index is -0.000000332. The molecule has 58 heavy (non-hydrogen) atoms. The molecule has 7 aliphatic carbocycles. The van der Waals surface area contributed by atoms with E-state index in [2.05, 4.69) is 81.2 Å². The lowest BCUT2D eigenvalue weighted by molar-refractivity contribution is -0.193. The third kappa shape index (κ3) is 55.0. The van der Waals surface area contributed by atoms with E-state index >= 15 is 0 Å². The average Bonchev–Trinajstić information content (AvgIpc) is 3.76. The molecule has 7 saturated carbocycles. The lowest BCUT2D eigenvalue weighted by Crippen LogP contribution is -2.28. The van der Waals surface area contributed by atoms with E-state index in [1.165, 1.54) is 140 Å². The van der Waals surface area contributed by atoms with Crippen LogP contribution in [0.1, 0.15) is 270 Å². The topological polar surface area (TPSA) is 0 Å². The summed E-state index contributed by atoms with van der Waals surface area (Å²) in [6.45, 7) is 20.9. The zero-order valence-electron chi connectivity index (χ0n) is 49.6. The van der Waals surface area contributed by atoms with Crippen LogP contribution in [-0.4, -0.2) is 12.9 Å². The van der Waals surface area contributed by atoms with E-state index in [0.29, 0.717) is 12.8 Å². The van der Waals surface area contributed by atoms with Gasteiger partial charge in [0.1, 0.15) is 0 Å². The van der Waals surface area contributed by atoms with Crippen LogP contribution >= 0.6 is 0 Å². The molecule has 7 fully saturated rings. The van der Waals surface area contributed by atoms with Crippen LogP contribution in [0, 0.1) is 65.1 Å². The van der Waals surface area contributed by atoms with Crippen LogP contribution < -0.4 is 0 Å². The molecule has 0 atom stereocenters. The Bertz CT molecular complexity index is 1130. The number of hydrogen-bond acceptors (Lipinski definition) is 0. The Kier molecular flexibility index (Phi) is 33.2. The van der Waals surface area contributed by atoms with Crippen LogP contribution in [0.15, 0.2) is 12.2 Å². The molecule has 0 nitrogen and oxygen atoms in total. The van der Waals surface area contributed by atoms with Gasteiger partial charge in [0.2, 0.25) is 0 Å². The van der Waals surface area contributed by atoms with Crippen molar-refractivity contribution in [3.63, 3.8) is 0 Å². The van der Waals surface area contributed by atoms with Gasteiger partial charge < -0.3 is 0 Å². The molecule has 0 heterocycles. The molecule has 0 saturated heterocycles. The molecule has 7 aliphatic rings. The molecule has 0 aromatic rings. The Morgan fingerprint density at radius 2 is 1.12 bits per heavy atom. The molecular formula is C54H106F4. The largest absolute Gasteiger partial charge is 0.391 e. The minimum Gasteiger partial charge on any atom is -0.251 e. The fourth-order valence-electron chi connectivity index (χ4n) is 5.43. The van der Waals surface area contributed by atoms with Gasteiger partial charge in [0, 0.05) is 12.3 Å². The van der Waals surface area contributed by atoms with Crippen LogP contribution in [0.5, 0.6) is 0 Å². The first-order valence-electron chi connectivity index (χ1n) is 28.4. The van der Waals surface area contributed by atoms with Gasteiger partial charge in [-0.2, -0.15) is 13.2 Å². The van der Waals surface area contributed by atoms with Crippen LogP contribution in [0.4, 0.5) is 17.6 Å². The standard InChI is InChI=1S/3C6H12.C6H14.C5H7F3.C5H10.C5H8.C4H9F.C4H8.C4H10.C3H4/c1-6(2)4-3-5-6;1-6-4-2-3-5-6;1-2-6-4-3-5-6;1-4-5-6(2)3;6-5(7,8)4-2-1-3-4;2*1-5-3-2-4-5;1-4(2)3-5;1-4-2-3-4;1-4(2)3;1-3-2/h3-5H2,1-2H3;2*6H,2-5H2,1H3;6H,4-5H2,1-3H3;4H,1-3H2;5H,2-4H2,1H3;1-4H2;4H,3H2,1-2H3;4H,2-3H2,1H3;4H,1-3H3;1H,2H3/i;;;;;;;;;1D2,2D3,3D3,4D;. The summed E-state index contributed by atoms with van der Waals surface area (Å²) in [6, 6.07) is 0. The maximum Gasteiger partial charge on any atom is 0.391 e. The predicted octanol–water partition coefficient (Wildman–Crippen LogP) is 20.2. The number of alkyl halides is 4. The lowest BCUT2D eigenvalue weighted by Gasteiger charge is -2.33. The van der Waals surface area contributed by atoms with Crippen molar-refractivity contribution < 1.29 is 29.9 Å². The van der Waals surface area contributed by atoms with Crippen LogP contribution in [0.25, 0.3) is 0 Å². The highest BCUT2D eigenvalue weighted by atomic mass is 19.4. The van der Waals surface area contributed by atoms with E-state index in [1.807, 2.05) is 13.8 Å². The molecule has 0 aromatic carbocycles. The maximum atomic E-state index is 11.5. The molecule has 0 aromatic heterocycles. The van der Waals surface area contributed by atoms with E-state index in [0.717, 1.165) is 41.4 Å². The normalized spacial score (nSPS) is 22.7. The Morgan fingerprint density at radius 3 is 1.14 bits per heavy atom. The molecule has 0 radical (unpaired) electrons. The van der Waals surface area contributed by atoms with Gasteiger partial charge in [-0.05, 0) is 98.7 Å². The summed E-state index contributed by atoms with van der Waals surface area (Å²) in [7, 11) is 0. The summed E-state index contributed by atoms with van der Waals surface area (Å²) in [5.41, 5.74) is 2.16. The molecule has 0 aliphatic heterocycles. The molecular weight excluding hydrogens is 725 g/mol. The predicted molar refractivity (Wildman–Crippen MR) is 256 cm³/mol. The van der Waals surface area contributed by atoms with E-state index in [-0.39, 0.29) is 12.6 Å². The zero-order chi connectivity index (χ0) is 53.1. The first-order chi connectivity index (χ1) is 30.7. The van der Waals surface area contributed by atoms with Gasteiger partial charge >= 0.3 is 6.18 Å². The molecule has 0 bridgehead atoms. The van der Waals surface area contributed by atoms with E-state index < -0.39 is 38.6 Å². The lowest BCUT2D eigenvalue weighted by atomic mass is 9.72. The average molecular weight is 840 g/mol. The summed E-state index contributed by atoms with van der Waals surface area (Å²) >= 11 is 0. The van der Waals surface area contributed by atoms with Gasteiger partial charge in [-0.1, -0.05) is 218 Å². The van der Waals surface area contributed by atoms with E-state index in [1.54, 1.807) is 6.92 Å². The smallest absolute Gasteiger partial charge is 0.251 e. The molecule has 0 unspecified atom stereocenters. The zero-order valence-corrected chi connectivity index (χ0v) is 40.6. The summed E-state index contributed by atoms with van der Waals surface area (Å²) in [4.78, 5) is 0. The highest BCUT2D eigenvalue weighted by molar-refractivity contribution is 5.02. The van der Waals surface area contributed by atoms with Gasteiger partial charge in [0.05, 0.1) is 12.6 Å². The third-order valence-electron chi connectivity index (χ3n) is 11.2. The molecule has 0 amide bonds. The van der Waals surface area contributed by atoms with Crippen molar-refractivity contribution in [3.8, 4) is 12.3 Å². The van der Waals surface area contributed by atoms with Crippen LogP contribution in [0.2, 0.25) is 0 Å². The molecule has 350 valence electrons. The third-order valence-corrected chi connectivity index (χ3v) is 11.2. The number of terminal acetylenes is 1. The van der Waals surface area contributed by atoms with Gasteiger partial charge in [0.25, 0.3) is 0 Å². The van der Waals surface area contributed by atoms with Gasteiger partial charge in [-0.15, -0.1) is 12.3 Å². The van der Waals surface area contributed by atoms with E-state index in [9.17, 15) is 17.6 Å². The minimum absolute atomic E-state index is 0.194. The summed E-state index contributed by atoms with van der Waals surface area (Å²) in [5.74, 6) is 3.66. The molecule has 0 N–H and O–H groups in total. The maximum absolute atomic E-state index is 11.5. The Morgan fingerprint density at radius 1 is 0.741 bits per heavy atom. The highest BCUT2D eigenvalue weighted by Crippen LogP contribution is 2.40. The van der Waals surface area contributed by atoms with Gasteiger partial charge in [-0.25, -0.2) is 0 Å². The van der Waals surface area contributed by atoms with Crippen molar-refractivity contribution >= 4 is 0 Å². The number of allylic oxidation sites excluding steroid dienone is 1. The number of hydrogen-bond donors (Lipinski definition) is 0. The van der Waals surface area contributed by atoms with E-state index in [4.69, 9.17) is 12.3 Å². The first kappa shape index (κ1) is 46.5. The van der Waals surface area contributed by atoms with Crippen molar-refractivity contribution in [2.24, 2.45) is 52.7 Å². The SMILES string of the molecule is C#CC.C=C1CCC1.CC(C)CF.CC1(C)CCC1.CC1CC1.CC1CCC1.CC1CCCC1.CCC1CCC1.CCCC(C)C.FC(F)(F)C1CCC1.[2H]C([2H])C([2H])(C([2H])([2H])[2H])C([2H])([2H])[2H]. The number of halogens is 4. The fourth-order valence-corrected chi connectivity index (χ4v) is 5.43. The molecule has 4 heteroatoms. The monoisotopic (exact) mass is 840 g/mol. The van der Waals surface area contributed by atoms with Crippen molar-refractivity contribution in [3.05, 3.63) is 12.2 Å². The Labute approximate surface area is 377 Å². The van der Waals surface area contributed by atoms with Crippen LogP contribution in [0.3, 0.4) is 0 Å². The second kappa shape index (κ2) is 41.4. The van der Waals surface area contributed by atoms with Crippen molar-refractivity contribution in [2.75, 3.05) is 6.67 Å². The van der Waals surface area contributed by atoms with Gasteiger partial charge in [-0.3, -0.25) is 4.39 Å². The second-order valence-corrected chi connectivity index (χ2v) is 19.5. The summed E-state index contributed by atoms with van der Waals surface area (Å²) in [5, 5.41) is 0. The minimum atomic E-state index is -3.90. The molecule has 7 rings (SSSR count). The summed E-state index contributed by atoms with van der Waals surface area (Å²) < 4.78 is 107. The highest BCUT2D eigenvalue weighted by Gasteiger charge is 2.42. The Hall–Kier alpha value is -0.980. The molecule has 0 spiro atoms. The summed E-state index contributed by atoms with van der Waals surface area (Å²) in [6.07, 6.45) is 32.5. The van der Waals surface area contributed by atoms with Crippen molar-refractivity contribution in [1.29, 1.82) is 0 Å². The second-order valence-electron chi connectivity index (χ2n) is 19.5. The van der Waals surface area contributed by atoms with Crippen LogP contribution in [-0.2, 0) is 0 Å². The van der Waals surface area contributed by atoms with Crippen molar-refractivity contribution in [1.82, 2.24) is 0 Å². The van der Waals surface area contributed by atoms with Crippen molar-refractivity contribution in [2.45, 2.75) is 264 Å². The first-order valence-corrected chi connectivity index (χ1v) is 23.7. The number of rotatable bonds is 4.